The van der Waals surface area contributed by atoms with Gasteiger partial charge in [-0.25, -0.2) is 9.97 Å². The first-order valence-electron chi connectivity index (χ1n) is 9.78. The second-order valence-corrected chi connectivity index (χ2v) is 8.06. The van der Waals surface area contributed by atoms with E-state index in [9.17, 15) is 5.11 Å². The standard InChI is InChI=1S/C21H25N5O/c1-25-10-9-22-20(25)21(27)15-5-4-6-16(21)13-26(12-15)14-17-11-23-18-7-2-3-8-19(18)24-17/h2-3,7-11,15-16,27H,4-6,12-14H2,1H3/t15-,16-/m1/s1. The fourth-order valence-corrected chi connectivity index (χ4v) is 5.09. The molecule has 2 bridgehead atoms. The van der Waals surface area contributed by atoms with Gasteiger partial charge in [0, 0.05) is 50.9 Å². The van der Waals surface area contributed by atoms with Crippen LogP contribution in [0.1, 0.15) is 30.8 Å². The molecule has 0 radical (unpaired) electrons. The highest BCUT2D eigenvalue weighted by atomic mass is 16.3. The molecule has 2 atom stereocenters. The molecule has 0 spiro atoms. The number of hydrogen-bond acceptors (Lipinski definition) is 5. The van der Waals surface area contributed by atoms with Crippen molar-refractivity contribution in [3.05, 3.63) is 54.4 Å². The Kier molecular flexibility index (Phi) is 3.98. The van der Waals surface area contributed by atoms with Gasteiger partial charge in [-0.15, -0.1) is 0 Å². The number of benzene rings is 1. The van der Waals surface area contributed by atoms with Crippen LogP contribution in [0.25, 0.3) is 11.0 Å². The lowest BCUT2D eigenvalue weighted by Gasteiger charge is -2.52. The van der Waals surface area contributed by atoms with Gasteiger partial charge < -0.3 is 9.67 Å². The largest absolute Gasteiger partial charge is 0.381 e. The summed E-state index contributed by atoms with van der Waals surface area (Å²) in [4.78, 5) is 16.3. The number of aryl methyl sites for hydroxylation is 1. The second-order valence-electron chi connectivity index (χ2n) is 8.06. The van der Waals surface area contributed by atoms with Crippen LogP contribution < -0.4 is 0 Å². The van der Waals surface area contributed by atoms with Crippen molar-refractivity contribution in [2.45, 2.75) is 31.4 Å². The highest BCUT2D eigenvalue weighted by Crippen LogP contribution is 2.48. The van der Waals surface area contributed by atoms with Gasteiger partial charge in [-0.2, -0.15) is 0 Å². The van der Waals surface area contributed by atoms with Crippen molar-refractivity contribution in [3.8, 4) is 0 Å². The molecule has 6 nitrogen and oxygen atoms in total. The highest BCUT2D eigenvalue weighted by molar-refractivity contribution is 5.73. The number of aliphatic hydroxyl groups is 1. The number of hydrogen-bond donors (Lipinski definition) is 1. The molecule has 2 aliphatic rings. The van der Waals surface area contributed by atoms with E-state index in [1.165, 1.54) is 6.42 Å². The third-order valence-electron chi connectivity index (χ3n) is 6.37. The molecule has 5 rings (SSSR count). The van der Waals surface area contributed by atoms with E-state index in [1.54, 1.807) is 6.20 Å². The van der Waals surface area contributed by atoms with Crippen LogP contribution in [0.4, 0.5) is 0 Å². The minimum atomic E-state index is -0.817. The van der Waals surface area contributed by atoms with E-state index in [1.807, 2.05) is 48.3 Å². The average molecular weight is 363 g/mol. The van der Waals surface area contributed by atoms with Crippen molar-refractivity contribution < 1.29 is 5.11 Å². The summed E-state index contributed by atoms with van der Waals surface area (Å²) in [6.45, 7) is 2.52. The maximum Gasteiger partial charge on any atom is 0.141 e. The minimum Gasteiger partial charge on any atom is -0.381 e. The maximum absolute atomic E-state index is 11.7. The van der Waals surface area contributed by atoms with E-state index in [4.69, 9.17) is 4.98 Å². The van der Waals surface area contributed by atoms with Crippen molar-refractivity contribution in [2.24, 2.45) is 18.9 Å². The van der Waals surface area contributed by atoms with Crippen LogP contribution in [0.15, 0.2) is 42.9 Å². The first-order chi connectivity index (χ1) is 13.1. The number of aromatic nitrogens is 4. The predicted octanol–water partition coefficient (Wildman–Crippen LogP) is 2.48. The molecule has 2 fully saturated rings. The van der Waals surface area contributed by atoms with E-state index in [0.717, 1.165) is 55.0 Å². The predicted molar refractivity (Wildman–Crippen MR) is 103 cm³/mol. The van der Waals surface area contributed by atoms with Gasteiger partial charge in [0.05, 0.1) is 22.9 Å². The van der Waals surface area contributed by atoms with Crippen LogP contribution in [0.5, 0.6) is 0 Å². The summed E-state index contributed by atoms with van der Waals surface area (Å²) in [5.74, 6) is 1.24. The van der Waals surface area contributed by atoms with Gasteiger partial charge in [-0.05, 0) is 25.0 Å². The molecule has 0 unspecified atom stereocenters. The molecule has 1 saturated heterocycles. The molecule has 1 saturated carbocycles. The first-order valence-corrected chi connectivity index (χ1v) is 9.78. The van der Waals surface area contributed by atoms with Crippen LogP contribution in [0.2, 0.25) is 0 Å². The number of para-hydroxylation sites is 2. The normalized spacial score (nSPS) is 28.5. The Morgan fingerprint density at radius 2 is 1.85 bits per heavy atom. The van der Waals surface area contributed by atoms with E-state index in [0.29, 0.717) is 0 Å². The Morgan fingerprint density at radius 1 is 1.11 bits per heavy atom. The molecule has 3 aromatic rings. The van der Waals surface area contributed by atoms with Gasteiger partial charge in [0.25, 0.3) is 0 Å². The molecular weight excluding hydrogens is 338 g/mol. The zero-order valence-electron chi connectivity index (χ0n) is 15.6. The lowest BCUT2D eigenvalue weighted by atomic mass is 9.65. The van der Waals surface area contributed by atoms with Crippen LogP contribution in [-0.4, -0.2) is 42.6 Å². The zero-order chi connectivity index (χ0) is 18.4. The van der Waals surface area contributed by atoms with Gasteiger partial charge >= 0.3 is 0 Å². The second kappa shape index (κ2) is 6.39. The number of piperidine rings is 1. The molecule has 140 valence electrons. The maximum atomic E-state index is 11.7. The SMILES string of the molecule is Cn1ccnc1C1(O)[C@@H]2CCC[C@@H]1CN(Cc1cnc3ccccc3n1)C2. The van der Waals surface area contributed by atoms with E-state index in [2.05, 4.69) is 14.9 Å². The lowest BCUT2D eigenvalue weighted by Crippen LogP contribution is -2.58. The van der Waals surface area contributed by atoms with E-state index >= 15 is 0 Å². The molecular formula is C21H25N5O. The van der Waals surface area contributed by atoms with Gasteiger partial charge in [0.1, 0.15) is 11.4 Å². The summed E-state index contributed by atoms with van der Waals surface area (Å²) in [6.07, 6.45) is 8.88. The van der Waals surface area contributed by atoms with Crippen LogP contribution in [0, 0.1) is 11.8 Å². The smallest absolute Gasteiger partial charge is 0.141 e. The van der Waals surface area contributed by atoms with E-state index in [-0.39, 0.29) is 11.8 Å². The summed E-state index contributed by atoms with van der Waals surface area (Å²) < 4.78 is 1.98. The fraction of sp³-hybridized carbons (Fsp3) is 0.476. The zero-order valence-corrected chi connectivity index (χ0v) is 15.6. The monoisotopic (exact) mass is 363 g/mol. The Morgan fingerprint density at radius 3 is 2.56 bits per heavy atom. The fourth-order valence-electron chi connectivity index (χ4n) is 5.09. The van der Waals surface area contributed by atoms with Gasteiger partial charge in [-0.1, -0.05) is 18.6 Å². The van der Waals surface area contributed by atoms with E-state index < -0.39 is 5.60 Å². The molecule has 0 amide bonds. The van der Waals surface area contributed by atoms with Crippen molar-refractivity contribution in [1.82, 2.24) is 24.4 Å². The molecule has 1 aliphatic carbocycles. The number of nitrogens with zero attached hydrogens (tertiary/aromatic N) is 5. The Hall–Kier alpha value is -2.31. The first kappa shape index (κ1) is 16.8. The molecule has 3 heterocycles. The van der Waals surface area contributed by atoms with Crippen molar-refractivity contribution in [3.63, 3.8) is 0 Å². The number of fused-ring (bicyclic) bond motifs is 3. The summed E-state index contributed by atoms with van der Waals surface area (Å²) in [5, 5.41) is 11.7. The van der Waals surface area contributed by atoms with Crippen molar-refractivity contribution >= 4 is 11.0 Å². The lowest BCUT2D eigenvalue weighted by molar-refractivity contribution is -0.155. The number of rotatable bonds is 3. The van der Waals surface area contributed by atoms with Crippen molar-refractivity contribution in [2.75, 3.05) is 13.1 Å². The quantitative estimate of drug-likeness (QED) is 0.774. The third kappa shape index (κ3) is 2.75. The molecule has 2 aromatic heterocycles. The number of imidazole rings is 1. The van der Waals surface area contributed by atoms with Gasteiger partial charge in [-0.3, -0.25) is 9.88 Å². The molecule has 6 heteroatoms. The summed E-state index contributed by atoms with van der Waals surface area (Å²) in [6, 6.07) is 7.99. The average Bonchev–Trinajstić information content (AvgIpc) is 3.09. The topological polar surface area (TPSA) is 67.1 Å². The van der Waals surface area contributed by atoms with Gasteiger partial charge in [0.15, 0.2) is 0 Å². The minimum absolute atomic E-state index is 0.208. The van der Waals surface area contributed by atoms with Crippen LogP contribution >= 0.6 is 0 Å². The summed E-state index contributed by atoms with van der Waals surface area (Å²) >= 11 is 0. The molecule has 27 heavy (non-hydrogen) atoms. The Labute approximate surface area is 158 Å². The third-order valence-corrected chi connectivity index (χ3v) is 6.37. The van der Waals surface area contributed by atoms with Crippen LogP contribution in [0.3, 0.4) is 0 Å². The molecule has 1 N–H and O–H groups in total. The highest BCUT2D eigenvalue weighted by Gasteiger charge is 2.53. The van der Waals surface area contributed by atoms with Gasteiger partial charge in [0.2, 0.25) is 0 Å². The molecule has 1 aliphatic heterocycles. The summed E-state index contributed by atoms with van der Waals surface area (Å²) in [5.41, 5.74) is 2.05. The molecule has 1 aromatic carbocycles. The summed E-state index contributed by atoms with van der Waals surface area (Å²) in [7, 11) is 1.98. The Bertz CT molecular complexity index is 954. The Balaban J connectivity index is 1.40. The number of likely N-dealkylation sites (tertiary alicyclic amines) is 1. The van der Waals surface area contributed by atoms with Crippen LogP contribution in [-0.2, 0) is 19.2 Å². The van der Waals surface area contributed by atoms with Crippen molar-refractivity contribution in [1.29, 1.82) is 0 Å².